The molecule has 2 aromatic carbocycles. The molecule has 0 spiro atoms. The van der Waals surface area contributed by atoms with Crippen LogP contribution in [0.25, 0.3) is 0 Å². The molecule has 0 radical (unpaired) electrons. The molecule has 1 N–H and O–H groups in total. The molecule has 0 atom stereocenters. The Morgan fingerprint density at radius 3 is 2.33 bits per heavy atom. The molecular weight excluding hydrogens is 414 g/mol. The van der Waals surface area contributed by atoms with Gasteiger partial charge in [-0.15, -0.1) is 0 Å². The fourth-order valence-corrected chi connectivity index (χ4v) is 4.00. The van der Waals surface area contributed by atoms with Crippen LogP contribution in [0, 0.1) is 23.5 Å². The normalized spacial score (nSPS) is 11.0. The predicted molar refractivity (Wildman–Crippen MR) is 109 cm³/mol. The number of rotatable bonds is 8. The maximum atomic E-state index is 13.4. The zero-order chi connectivity index (χ0) is 22.1. The van der Waals surface area contributed by atoms with Gasteiger partial charge in [0.25, 0.3) is 5.91 Å². The van der Waals surface area contributed by atoms with Crippen LogP contribution in [0.3, 0.4) is 0 Å². The number of sulfonamides is 1. The molecule has 160 valence electrons. The highest BCUT2D eigenvalue weighted by Gasteiger charge is 2.21. The number of carbonyl (C=O) groups excluding carboxylic acids is 1. The quantitative estimate of drug-likeness (QED) is 0.646. The molecule has 1 amide bonds. The summed E-state index contributed by atoms with van der Waals surface area (Å²) in [7, 11) is -3.58. The van der Waals surface area contributed by atoms with E-state index < -0.39 is 27.6 Å². The maximum absolute atomic E-state index is 13.4. The Hall–Kier alpha value is -2.96. The Bertz CT molecular complexity index is 1040. The van der Waals surface area contributed by atoms with E-state index in [2.05, 4.69) is 17.2 Å². The van der Waals surface area contributed by atoms with Crippen molar-refractivity contribution in [1.29, 1.82) is 0 Å². The first-order valence-corrected chi connectivity index (χ1v) is 10.7. The van der Waals surface area contributed by atoms with Gasteiger partial charge in [-0.2, -0.15) is 4.31 Å². The van der Waals surface area contributed by atoms with Crippen LogP contribution in [0.2, 0.25) is 0 Å². The summed E-state index contributed by atoms with van der Waals surface area (Å²) in [6, 6.07) is 8.59. The highest BCUT2D eigenvalue weighted by atomic mass is 32.2. The topological polar surface area (TPSA) is 75.7 Å². The lowest BCUT2D eigenvalue weighted by molar-refractivity contribution is 0.0958. The number of nitrogens with zero attached hydrogens (tertiary/aromatic N) is 1. The summed E-state index contributed by atoms with van der Waals surface area (Å²) in [6.07, 6.45) is 0. The summed E-state index contributed by atoms with van der Waals surface area (Å²) in [4.78, 5) is 12.2. The molecule has 0 fully saturated rings. The minimum Gasteiger partial charge on any atom is -0.478 e. The van der Waals surface area contributed by atoms with Crippen LogP contribution in [-0.4, -0.2) is 44.9 Å². The third kappa shape index (κ3) is 6.02. The third-order valence-corrected chi connectivity index (χ3v) is 6.18. The number of halogens is 2. The molecule has 0 saturated heterocycles. The lowest BCUT2D eigenvalue weighted by atomic mass is 10.2. The molecule has 30 heavy (non-hydrogen) atoms. The monoisotopic (exact) mass is 436 g/mol. The van der Waals surface area contributed by atoms with Crippen LogP contribution in [0.4, 0.5) is 8.78 Å². The first kappa shape index (κ1) is 23.3. The van der Waals surface area contributed by atoms with Gasteiger partial charge in [0.2, 0.25) is 10.0 Å². The van der Waals surface area contributed by atoms with Crippen molar-refractivity contribution in [3.05, 3.63) is 59.7 Å². The van der Waals surface area contributed by atoms with Gasteiger partial charge in [0, 0.05) is 24.7 Å². The Kier molecular flexibility index (Phi) is 8.33. The zero-order valence-electron chi connectivity index (χ0n) is 16.6. The highest BCUT2D eigenvalue weighted by Crippen LogP contribution is 2.17. The Morgan fingerprint density at radius 2 is 1.73 bits per heavy atom. The molecule has 0 bridgehead atoms. The minimum atomic E-state index is -3.58. The van der Waals surface area contributed by atoms with E-state index in [9.17, 15) is 22.0 Å². The maximum Gasteiger partial charge on any atom is 0.252 e. The van der Waals surface area contributed by atoms with E-state index >= 15 is 0 Å². The Labute approximate surface area is 174 Å². The Morgan fingerprint density at radius 1 is 1.07 bits per heavy atom. The van der Waals surface area contributed by atoms with E-state index in [4.69, 9.17) is 4.74 Å². The van der Waals surface area contributed by atoms with Crippen LogP contribution in [0.1, 0.15) is 24.2 Å². The van der Waals surface area contributed by atoms with Gasteiger partial charge in [-0.05, 0) is 36.4 Å². The van der Waals surface area contributed by atoms with Crippen molar-refractivity contribution in [2.75, 3.05) is 26.2 Å². The number of nitrogens with one attached hydrogen (secondary N) is 1. The number of amides is 1. The lowest BCUT2D eigenvalue weighted by Gasteiger charge is -2.18. The van der Waals surface area contributed by atoms with Crippen LogP contribution in [0.5, 0.6) is 5.75 Å². The molecule has 0 aliphatic carbocycles. The molecule has 2 aromatic rings. The largest absolute Gasteiger partial charge is 0.478 e. The summed E-state index contributed by atoms with van der Waals surface area (Å²) in [5, 5.41) is 2.57. The van der Waals surface area contributed by atoms with Gasteiger partial charge in [0.15, 0.2) is 11.6 Å². The second kappa shape index (κ2) is 10.7. The lowest BCUT2D eigenvalue weighted by Crippen LogP contribution is -2.30. The summed E-state index contributed by atoms with van der Waals surface area (Å²) in [6.45, 7) is 4.12. The van der Waals surface area contributed by atoms with Crippen molar-refractivity contribution in [1.82, 2.24) is 9.62 Å². The smallest absolute Gasteiger partial charge is 0.252 e. The van der Waals surface area contributed by atoms with E-state index in [0.717, 1.165) is 12.1 Å². The van der Waals surface area contributed by atoms with Gasteiger partial charge in [0.1, 0.15) is 12.4 Å². The predicted octanol–water partition coefficient (Wildman–Crippen LogP) is 2.81. The van der Waals surface area contributed by atoms with Gasteiger partial charge in [-0.3, -0.25) is 4.79 Å². The number of hydrogen-bond donors (Lipinski definition) is 1. The SMILES string of the molecule is CCN(CC)S(=O)(=O)c1ccc(C(=O)NCC#CCOc2ccc(F)cc2F)cc1. The molecule has 0 heterocycles. The van der Waals surface area contributed by atoms with Gasteiger partial charge < -0.3 is 10.1 Å². The molecule has 9 heteroatoms. The summed E-state index contributed by atoms with van der Waals surface area (Å²) in [5.74, 6) is 3.20. The van der Waals surface area contributed by atoms with Gasteiger partial charge in [-0.1, -0.05) is 25.7 Å². The average Bonchev–Trinajstić information content (AvgIpc) is 2.72. The zero-order valence-corrected chi connectivity index (χ0v) is 17.4. The third-order valence-electron chi connectivity index (χ3n) is 4.12. The van der Waals surface area contributed by atoms with Gasteiger partial charge in [0.05, 0.1) is 11.4 Å². The van der Waals surface area contributed by atoms with E-state index in [0.29, 0.717) is 24.7 Å². The molecule has 0 aliphatic rings. The van der Waals surface area contributed by atoms with Crippen LogP contribution in [0.15, 0.2) is 47.4 Å². The van der Waals surface area contributed by atoms with E-state index in [1.54, 1.807) is 13.8 Å². The van der Waals surface area contributed by atoms with Crippen molar-refractivity contribution in [2.24, 2.45) is 0 Å². The van der Waals surface area contributed by atoms with E-state index in [-0.39, 0.29) is 23.8 Å². The first-order valence-electron chi connectivity index (χ1n) is 9.21. The van der Waals surface area contributed by atoms with Crippen molar-refractivity contribution in [2.45, 2.75) is 18.7 Å². The van der Waals surface area contributed by atoms with Crippen LogP contribution < -0.4 is 10.1 Å². The van der Waals surface area contributed by atoms with Crippen molar-refractivity contribution in [3.63, 3.8) is 0 Å². The first-order chi connectivity index (χ1) is 14.3. The van der Waals surface area contributed by atoms with Crippen LogP contribution >= 0.6 is 0 Å². The summed E-state index contributed by atoms with van der Waals surface area (Å²) in [5.41, 5.74) is 0.292. The molecule has 0 saturated carbocycles. The van der Waals surface area contributed by atoms with Crippen molar-refractivity contribution < 1.29 is 26.7 Å². The fraction of sp³-hybridized carbons (Fsp3) is 0.286. The molecule has 0 aromatic heterocycles. The number of hydrogen-bond acceptors (Lipinski definition) is 4. The molecular formula is C21H22F2N2O4S. The minimum absolute atomic E-state index is 0.0214. The summed E-state index contributed by atoms with van der Waals surface area (Å²) >= 11 is 0. The summed E-state index contributed by atoms with van der Waals surface area (Å²) < 4.78 is 57.5. The second-order valence-electron chi connectivity index (χ2n) is 6.01. The fourth-order valence-electron chi connectivity index (χ4n) is 2.54. The van der Waals surface area contributed by atoms with Crippen molar-refractivity contribution >= 4 is 15.9 Å². The Balaban J connectivity index is 1.86. The molecule has 2 rings (SSSR count). The number of benzene rings is 2. The van der Waals surface area contributed by atoms with Crippen LogP contribution in [-0.2, 0) is 10.0 Å². The molecule has 0 aliphatic heterocycles. The molecule has 6 nitrogen and oxygen atoms in total. The van der Waals surface area contributed by atoms with E-state index in [1.807, 2.05) is 0 Å². The highest BCUT2D eigenvalue weighted by molar-refractivity contribution is 7.89. The number of ether oxygens (including phenoxy) is 1. The second-order valence-corrected chi connectivity index (χ2v) is 7.95. The van der Waals surface area contributed by atoms with E-state index in [1.165, 1.54) is 28.6 Å². The van der Waals surface area contributed by atoms with Gasteiger partial charge in [-0.25, -0.2) is 17.2 Å². The molecule has 0 unspecified atom stereocenters. The van der Waals surface area contributed by atoms with Gasteiger partial charge >= 0.3 is 0 Å². The average molecular weight is 436 g/mol. The number of carbonyl (C=O) groups is 1. The standard InChI is InChI=1S/C21H22F2N2O4S/c1-3-25(4-2)30(27,28)18-10-7-16(8-11-18)21(26)24-13-5-6-14-29-20-12-9-17(22)15-19(20)23/h7-12,15H,3-4,13-14H2,1-2H3,(H,24,26). The van der Waals surface area contributed by atoms with Crippen molar-refractivity contribution in [3.8, 4) is 17.6 Å².